The van der Waals surface area contributed by atoms with E-state index in [1.165, 1.54) is 23.6 Å². The van der Waals surface area contributed by atoms with Crippen molar-refractivity contribution >= 4 is 46.8 Å². The van der Waals surface area contributed by atoms with Crippen molar-refractivity contribution in [2.75, 3.05) is 26.7 Å². The standard InChI is InChI=1S/C21H32N4O2.HI/c1-3-22-21(23-14-9-5-4-6-12-20(26)27-2)24-15-13-17-16-25-19-11-8-7-10-18(17)19;/h7-8,10-11,16,25H,3-6,9,12-15H2,1-2H3,(H2,22,23,24);1H. The van der Waals surface area contributed by atoms with Crippen LogP contribution < -0.4 is 10.6 Å². The molecular weight excluding hydrogens is 467 g/mol. The molecular formula is C21H33IN4O2. The molecule has 2 aromatic rings. The zero-order valence-corrected chi connectivity index (χ0v) is 19.3. The molecule has 3 N–H and O–H groups in total. The Morgan fingerprint density at radius 1 is 1.14 bits per heavy atom. The lowest BCUT2D eigenvalue weighted by molar-refractivity contribution is -0.140. The van der Waals surface area contributed by atoms with Gasteiger partial charge in [0.2, 0.25) is 0 Å². The molecule has 0 bridgehead atoms. The molecule has 156 valence electrons. The zero-order chi connectivity index (χ0) is 19.3. The van der Waals surface area contributed by atoms with Crippen molar-refractivity contribution in [1.29, 1.82) is 0 Å². The van der Waals surface area contributed by atoms with Gasteiger partial charge in [-0.25, -0.2) is 0 Å². The number of methoxy groups -OCH3 is 1. The summed E-state index contributed by atoms with van der Waals surface area (Å²) in [5.41, 5.74) is 2.50. The molecule has 7 heteroatoms. The zero-order valence-electron chi connectivity index (χ0n) is 16.9. The van der Waals surface area contributed by atoms with Crippen LogP contribution in [-0.4, -0.2) is 43.7 Å². The van der Waals surface area contributed by atoms with Crippen LogP contribution >= 0.6 is 24.0 Å². The topological polar surface area (TPSA) is 78.5 Å². The first-order valence-electron chi connectivity index (χ1n) is 9.88. The highest BCUT2D eigenvalue weighted by molar-refractivity contribution is 14.0. The van der Waals surface area contributed by atoms with E-state index in [-0.39, 0.29) is 29.9 Å². The maximum absolute atomic E-state index is 11.1. The van der Waals surface area contributed by atoms with Crippen LogP contribution in [-0.2, 0) is 16.0 Å². The number of aromatic amines is 1. The number of nitrogens with zero attached hydrogens (tertiary/aromatic N) is 1. The number of para-hydroxylation sites is 1. The molecule has 28 heavy (non-hydrogen) atoms. The fourth-order valence-electron chi connectivity index (χ4n) is 3.02. The third-order valence-electron chi connectivity index (χ3n) is 4.49. The molecule has 0 radical (unpaired) electrons. The minimum Gasteiger partial charge on any atom is -0.469 e. The number of aliphatic imine (C=N–C) groups is 1. The van der Waals surface area contributed by atoms with Gasteiger partial charge in [-0.05, 0) is 37.8 Å². The lowest BCUT2D eigenvalue weighted by Gasteiger charge is -2.11. The van der Waals surface area contributed by atoms with Gasteiger partial charge in [-0.2, -0.15) is 0 Å². The van der Waals surface area contributed by atoms with Crippen molar-refractivity contribution in [2.45, 2.75) is 45.4 Å². The first-order valence-corrected chi connectivity index (χ1v) is 9.88. The Bertz CT molecular complexity index is 730. The Labute approximate surface area is 184 Å². The molecule has 0 aliphatic carbocycles. The first kappa shape index (κ1) is 24.3. The Balaban J connectivity index is 0.00000392. The van der Waals surface area contributed by atoms with E-state index in [2.05, 4.69) is 56.7 Å². The minimum atomic E-state index is -0.123. The van der Waals surface area contributed by atoms with Gasteiger partial charge < -0.3 is 20.4 Å². The average Bonchev–Trinajstić information content (AvgIpc) is 3.10. The van der Waals surface area contributed by atoms with Gasteiger partial charge in [0.25, 0.3) is 0 Å². The number of benzene rings is 1. The van der Waals surface area contributed by atoms with Crippen LogP contribution in [0, 0.1) is 0 Å². The Kier molecular flexibility index (Phi) is 12.4. The number of guanidine groups is 1. The summed E-state index contributed by atoms with van der Waals surface area (Å²) in [4.78, 5) is 19.0. The van der Waals surface area contributed by atoms with E-state index in [0.29, 0.717) is 6.42 Å². The van der Waals surface area contributed by atoms with Gasteiger partial charge in [-0.3, -0.25) is 9.79 Å². The fraction of sp³-hybridized carbons (Fsp3) is 0.524. The number of carbonyl (C=O) groups is 1. The molecule has 1 aromatic carbocycles. The van der Waals surface area contributed by atoms with Crippen molar-refractivity contribution in [3.63, 3.8) is 0 Å². The number of H-pyrrole nitrogens is 1. The number of unbranched alkanes of at least 4 members (excludes halogenated alkanes) is 3. The van der Waals surface area contributed by atoms with Gasteiger partial charge in [0.1, 0.15) is 0 Å². The summed E-state index contributed by atoms with van der Waals surface area (Å²) < 4.78 is 4.64. The van der Waals surface area contributed by atoms with Crippen molar-refractivity contribution < 1.29 is 9.53 Å². The smallest absolute Gasteiger partial charge is 0.305 e. The summed E-state index contributed by atoms with van der Waals surface area (Å²) in [5.74, 6) is 0.744. The highest BCUT2D eigenvalue weighted by Gasteiger charge is 2.03. The Morgan fingerprint density at radius 2 is 1.93 bits per heavy atom. The second-order valence-electron chi connectivity index (χ2n) is 6.54. The number of fused-ring (bicyclic) bond motifs is 1. The monoisotopic (exact) mass is 500 g/mol. The largest absolute Gasteiger partial charge is 0.469 e. The number of nitrogens with one attached hydrogen (secondary N) is 3. The van der Waals surface area contributed by atoms with Gasteiger partial charge in [-0.15, -0.1) is 24.0 Å². The third kappa shape index (κ3) is 8.50. The number of halogens is 1. The number of aromatic nitrogens is 1. The van der Waals surface area contributed by atoms with Crippen LogP contribution in [0.25, 0.3) is 10.9 Å². The van der Waals surface area contributed by atoms with Crippen LogP contribution in [0.1, 0.15) is 44.6 Å². The Hall–Kier alpha value is -1.77. The van der Waals surface area contributed by atoms with Crippen LogP contribution in [0.15, 0.2) is 35.5 Å². The van der Waals surface area contributed by atoms with Gasteiger partial charge in [0.05, 0.1) is 7.11 Å². The third-order valence-corrected chi connectivity index (χ3v) is 4.49. The highest BCUT2D eigenvalue weighted by Crippen LogP contribution is 2.17. The highest BCUT2D eigenvalue weighted by atomic mass is 127. The maximum Gasteiger partial charge on any atom is 0.305 e. The van der Waals surface area contributed by atoms with Crippen molar-refractivity contribution in [1.82, 2.24) is 15.6 Å². The summed E-state index contributed by atoms with van der Waals surface area (Å²) in [6.45, 7) is 4.55. The first-order chi connectivity index (χ1) is 13.2. The summed E-state index contributed by atoms with van der Waals surface area (Å²) in [6.07, 6.45) is 7.58. The van der Waals surface area contributed by atoms with E-state index in [1.54, 1.807) is 0 Å². The van der Waals surface area contributed by atoms with Crippen LogP contribution in [0.4, 0.5) is 0 Å². The van der Waals surface area contributed by atoms with E-state index < -0.39 is 0 Å². The normalized spacial score (nSPS) is 11.1. The van der Waals surface area contributed by atoms with Crippen LogP contribution in [0.5, 0.6) is 0 Å². The Morgan fingerprint density at radius 3 is 2.71 bits per heavy atom. The lowest BCUT2D eigenvalue weighted by Crippen LogP contribution is -2.38. The average molecular weight is 500 g/mol. The second kappa shape index (κ2) is 14.3. The molecule has 2 rings (SSSR count). The molecule has 0 aliphatic heterocycles. The molecule has 0 atom stereocenters. The lowest BCUT2D eigenvalue weighted by atomic mass is 10.1. The predicted molar refractivity (Wildman–Crippen MR) is 127 cm³/mol. The van der Waals surface area contributed by atoms with Crippen molar-refractivity contribution in [2.24, 2.45) is 4.99 Å². The predicted octanol–water partition coefficient (Wildman–Crippen LogP) is 4.01. The van der Waals surface area contributed by atoms with Crippen LogP contribution in [0.3, 0.4) is 0 Å². The summed E-state index contributed by atoms with van der Waals surface area (Å²) in [6, 6.07) is 8.37. The number of ether oxygens (including phenoxy) is 1. The summed E-state index contributed by atoms with van der Waals surface area (Å²) in [7, 11) is 1.44. The van der Waals surface area contributed by atoms with Crippen molar-refractivity contribution in [3.8, 4) is 0 Å². The SMILES string of the molecule is CCNC(=NCCCCCCC(=O)OC)NCCc1c[nH]c2ccccc12.I. The summed E-state index contributed by atoms with van der Waals surface area (Å²) in [5, 5.41) is 7.99. The number of hydrogen-bond acceptors (Lipinski definition) is 3. The minimum absolute atomic E-state index is 0. The molecule has 0 saturated heterocycles. The van der Waals surface area contributed by atoms with E-state index in [9.17, 15) is 4.79 Å². The maximum atomic E-state index is 11.1. The number of esters is 1. The molecule has 0 spiro atoms. The van der Waals surface area contributed by atoms with E-state index in [1.807, 2.05) is 6.07 Å². The molecule has 0 amide bonds. The molecule has 0 saturated carbocycles. The number of carbonyl (C=O) groups excluding carboxylic acids is 1. The van der Waals surface area contributed by atoms with Gasteiger partial charge in [0.15, 0.2) is 5.96 Å². The second-order valence-corrected chi connectivity index (χ2v) is 6.54. The van der Waals surface area contributed by atoms with Crippen molar-refractivity contribution in [3.05, 3.63) is 36.0 Å². The molecule has 0 fully saturated rings. The summed E-state index contributed by atoms with van der Waals surface area (Å²) >= 11 is 0. The van der Waals surface area contributed by atoms with Gasteiger partial charge in [-0.1, -0.05) is 31.0 Å². The fourth-order valence-corrected chi connectivity index (χ4v) is 3.02. The van der Waals surface area contributed by atoms with E-state index in [0.717, 1.165) is 57.7 Å². The van der Waals surface area contributed by atoms with E-state index >= 15 is 0 Å². The molecule has 0 unspecified atom stereocenters. The molecule has 6 nitrogen and oxygen atoms in total. The molecule has 0 aliphatic rings. The van der Waals surface area contributed by atoms with Crippen LogP contribution in [0.2, 0.25) is 0 Å². The number of hydrogen-bond donors (Lipinski definition) is 3. The van der Waals surface area contributed by atoms with Gasteiger partial charge in [0, 0.05) is 43.2 Å². The molecule has 1 heterocycles. The molecule has 1 aromatic heterocycles. The van der Waals surface area contributed by atoms with E-state index in [4.69, 9.17) is 0 Å². The van der Waals surface area contributed by atoms with Gasteiger partial charge >= 0.3 is 5.97 Å². The quantitative estimate of drug-likeness (QED) is 0.143. The number of rotatable bonds is 11.